The Kier molecular flexibility index (Phi) is 4.74. The van der Waals surface area contributed by atoms with E-state index < -0.39 is 0 Å². The molecule has 17 heavy (non-hydrogen) atoms. The second-order valence-electron chi connectivity index (χ2n) is 4.47. The summed E-state index contributed by atoms with van der Waals surface area (Å²) in [6.07, 6.45) is 8.69. The van der Waals surface area contributed by atoms with Crippen LogP contribution in [0.15, 0.2) is 22.6 Å². The molecule has 0 aliphatic heterocycles. The molecule has 1 aromatic rings. The van der Waals surface area contributed by atoms with Gasteiger partial charge in [0.25, 0.3) is 0 Å². The van der Waals surface area contributed by atoms with Crippen LogP contribution in [0.25, 0.3) is 0 Å². The van der Waals surface area contributed by atoms with Crippen molar-refractivity contribution in [3.8, 4) is 0 Å². The maximum Gasteiger partial charge on any atom is 0.245 e. The van der Waals surface area contributed by atoms with Crippen LogP contribution in [-0.4, -0.2) is 12.1 Å². The van der Waals surface area contributed by atoms with Crippen molar-refractivity contribution in [3.05, 3.63) is 22.4 Å². The van der Waals surface area contributed by atoms with Crippen LogP contribution in [-0.2, 0) is 11.2 Å². The minimum Gasteiger partial charge on any atom is -0.273 e. The topological polar surface area (TPSA) is 41.5 Å². The van der Waals surface area contributed by atoms with Gasteiger partial charge < -0.3 is 0 Å². The summed E-state index contributed by atoms with van der Waals surface area (Å²) in [5.41, 5.74) is 2.61. The molecule has 1 aliphatic rings. The van der Waals surface area contributed by atoms with E-state index in [0.29, 0.717) is 12.3 Å². The fraction of sp³-hybridized carbons (Fsp3) is 0.538. The summed E-state index contributed by atoms with van der Waals surface area (Å²) in [6, 6.07) is 3.92. The fourth-order valence-electron chi connectivity index (χ4n) is 2.11. The quantitative estimate of drug-likeness (QED) is 0.648. The molecular weight excluding hydrogens is 232 g/mol. The third-order valence-corrected chi connectivity index (χ3v) is 3.92. The van der Waals surface area contributed by atoms with E-state index in [4.69, 9.17) is 0 Å². The maximum absolute atomic E-state index is 11.5. The maximum atomic E-state index is 11.5. The van der Waals surface area contributed by atoms with Crippen LogP contribution in [0.4, 0.5) is 0 Å². The van der Waals surface area contributed by atoms with Crippen molar-refractivity contribution in [2.45, 2.75) is 38.5 Å². The Balaban J connectivity index is 1.70. The first kappa shape index (κ1) is 12.3. The molecule has 2 rings (SSSR count). The molecule has 0 saturated heterocycles. The largest absolute Gasteiger partial charge is 0.273 e. The highest BCUT2D eigenvalue weighted by Crippen LogP contribution is 2.21. The molecule has 4 heteroatoms. The molecule has 1 aromatic heterocycles. The van der Waals surface area contributed by atoms with Crippen molar-refractivity contribution < 1.29 is 4.79 Å². The molecule has 1 saturated carbocycles. The van der Waals surface area contributed by atoms with Crippen molar-refractivity contribution in [2.75, 3.05) is 0 Å². The van der Waals surface area contributed by atoms with E-state index in [1.165, 1.54) is 32.1 Å². The highest BCUT2D eigenvalue weighted by molar-refractivity contribution is 7.10. The van der Waals surface area contributed by atoms with Crippen molar-refractivity contribution in [1.29, 1.82) is 0 Å². The Morgan fingerprint density at radius 2 is 2.29 bits per heavy atom. The second-order valence-corrected chi connectivity index (χ2v) is 5.50. The number of nitrogens with one attached hydrogen (secondary N) is 1. The van der Waals surface area contributed by atoms with E-state index in [-0.39, 0.29) is 5.91 Å². The van der Waals surface area contributed by atoms with Crippen LogP contribution in [0.5, 0.6) is 0 Å². The normalized spacial score (nSPS) is 17.4. The smallest absolute Gasteiger partial charge is 0.245 e. The molecule has 0 aromatic carbocycles. The Morgan fingerprint density at radius 3 is 3.00 bits per heavy atom. The van der Waals surface area contributed by atoms with E-state index in [2.05, 4.69) is 10.5 Å². The Morgan fingerprint density at radius 1 is 1.47 bits per heavy atom. The summed E-state index contributed by atoms with van der Waals surface area (Å²) in [4.78, 5) is 12.6. The first-order valence-electron chi connectivity index (χ1n) is 6.19. The predicted octanol–water partition coefficient (Wildman–Crippen LogP) is 2.97. The van der Waals surface area contributed by atoms with Crippen LogP contribution in [0.3, 0.4) is 0 Å². The van der Waals surface area contributed by atoms with Crippen molar-refractivity contribution >= 4 is 23.5 Å². The molecule has 0 radical (unpaired) electrons. The average Bonchev–Trinajstić information content (AvgIpc) is 2.83. The van der Waals surface area contributed by atoms with Crippen LogP contribution < -0.4 is 5.43 Å². The standard InChI is InChI=1S/C13H18N2OS/c16-13(9-12-7-4-8-17-12)15-14-10-11-5-2-1-3-6-11/h4,7-8,10-11H,1-3,5-6,9H2,(H,15,16)/b14-10-. The predicted molar refractivity (Wildman–Crippen MR) is 71.2 cm³/mol. The van der Waals surface area contributed by atoms with Crippen molar-refractivity contribution in [3.63, 3.8) is 0 Å². The monoisotopic (exact) mass is 250 g/mol. The number of hydrogen-bond acceptors (Lipinski definition) is 3. The molecular formula is C13H18N2OS. The summed E-state index contributed by atoms with van der Waals surface area (Å²) in [7, 11) is 0. The van der Waals surface area contributed by atoms with Gasteiger partial charge in [-0.25, -0.2) is 5.43 Å². The summed E-state index contributed by atoms with van der Waals surface area (Å²) >= 11 is 1.60. The molecule has 0 spiro atoms. The first-order chi connectivity index (χ1) is 8.34. The molecule has 1 fully saturated rings. The lowest BCUT2D eigenvalue weighted by Crippen LogP contribution is -2.20. The van der Waals surface area contributed by atoms with E-state index >= 15 is 0 Å². The molecule has 1 heterocycles. The third-order valence-electron chi connectivity index (χ3n) is 3.04. The summed E-state index contributed by atoms with van der Waals surface area (Å²) in [5, 5.41) is 6.04. The third kappa shape index (κ3) is 4.30. The number of nitrogens with zero attached hydrogens (tertiary/aromatic N) is 1. The van der Waals surface area contributed by atoms with Crippen LogP contribution in [0, 0.1) is 5.92 Å². The molecule has 1 aliphatic carbocycles. The number of carbonyl (C=O) groups is 1. The minimum absolute atomic E-state index is 0.0282. The van der Waals surface area contributed by atoms with Gasteiger partial charge in [-0.15, -0.1) is 11.3 Å². The van der Waals surface area contributed by atoms with Gasteiger partial charge in [-0.1, -0.05) is 25.3 Å². The average molecular weight is 250 g/mol. The van der Waals surface area contributed by atoms with E-state index in [0.717, 1.165) is 4.88 Å². The summed E-state index contributed by atoms with van der Waals surface area (Å²) in [5.74, 6) is 0.533. The van der Waals surface area contributed by atoms with Gasteiger partial charge in [0.1, 0.15) is 0 Å². The number of hydrazone groups is 1. The van der Waals surface area contributed by atoms with E-state index in [9.17, 15) is 4.79 Å². The van der Waals surface area contributed by atoms with Gasteiger partial charge in [-0.05, 0) is 30.2 Å². The zero-order chi connectivity index (χ0) is 11.9. The number of hydrogen-bond donors (Lipinski definition) is 1. The number of rotatable bonds is 4. The molecule has 1 amide bonds. The second kappa shape index (κ2) is 6.55. The lowest BCUT2D eigenvalue weighted by molar-refractivity contribution is -0.120. The highest BCUT2D eigenvalue weighted by Gasteiger charge is 2.10. The van der Waals surface area contributed by atoms with Crippen LogP contribution in [0.1, 0.15) is 37.0 Å². The van der Waals surface area contributed by atoms with Gasteiger partial charge in [0.2, 0.25) is 5.91 Å². The van der Waals surface area contributed by atoms with Gasteiger partial charge in [-0.2, -0.15) is 5.10 Å². The Bertz CT molecular complexity index is 367. The van der Waals surface area contributed by atoms with Gasteiger partial charge in [0, 0.05) is 11.1 Å². The van der Waals surface area contributed by atoms with Crippen molar-refractivity contribution in [2.24, 2.45) is 11.0 Å². The lowest BCUT2D eigenvalue weighted by atomic mass is 9.90. The summed E-state index contributed by atoms with van der Waals surface area (Å²) in [6.45, 7) is 0. The van der Waals surface area contributed by atoms with Crippen LogP contribution >= 0.6 is 11.3 Å². The zero-order valence-corrected chi connectivity index (χ0v) is 10.7. The Labute approximate surface area is 106 Å². The SMILES string of the molecule is O=C(Cc1cccs1)N/N=C\C1CCCCC1. The van der Waals surface area contributed by atoms with Gasteiger partial charge >= 0.3 is 0 Å². The Hall–Kier alpha value is -1.16. The molecule has 0 atom stereocenters. The molecule has 0 unspecified atom stereocenters. The van der Waals surface area contributed by atoms with Gasteiger partial charge in [0.15, 0.2) is 0 Å². The molecule has 1 N–H and O–H groups in total. The molecule has 92 valence electrons. The number of thiophene rings is 1. The highest BCUT2D eigenvalue weighted by atomic mass is 32.1. The minimum atomic E-state index is -0.0282. The zero-order valence-electron chi connectivity index (χ0n) is 9.89. The van der Waals surface area contributed by atoms with E-state index in [1.54, 1.807) is 11.3 Å². The van der Waals surface area contributed by atoms with Crippen molar-refractivity contribution in [1.82, 2.24) is 5.43 Å². The number of amides is 1. The van der Waals surface area contributed by atoms with Crippen LogP contribution in [0.2, 0.25) is 0 Å². The lowest BCUT2D eigenvalue weighted by Gasteiger charge is -2.16. The van der Waals surface area contributed by atoms with E-state index in [1.807, 2.05) is 23.7 Å². The number of carbonyl (C=O) groups excluding carboxylic acids is 1. The van der Waals surface area contributed by atoms with Gasteiger partial charge in [-0.3, -0.25) is 4.79 Å². The molecule has 0 bridgehead atoms. The fourth-order valence-corrected chi connectivity index (χ4v) is 2.81. The van der Waals surface area contributed by atoms with Gasteiger partial charge in [0.05, 0.1) is 6.42 Å². The first-order valence-corrected chi connectivity index (χ1v) is 7.07. The molecule has 3 nitrogen and oxygen atoms in total. The summed E-state index contributed by atoms with van der Waals surface area (Å²) < 4.78 is 0.